The third-order valence-electron chi connectivity index (χ3n) is 6.14. The van der Waals surface area contributed by atoms with E-state index >= 15 is 0 Å². The van der Waals surface area contributed by atoms with E-state index in [9.17, 15) is 15.0 Å². The molecule has 3 heterocycles. The quantitative estimate of drug-likeness (QED) is 0.714. The van der Waals surface area contributed by atoms with E-state index in [1.807, 2.05) is 0 Å². The summed E-state index contributed by atoms with van der Waals surface area (Å²) >= 11 is 0. The zero-order valence-electron chi connectivity index (χ0n) is 17.1. The molecule has 0 spiro atoms. The minimum absolute atomic E-state index is 0.0263. The predicted octanol–water partition coefficient (Wildman–Crippen LogP) is 1.78. The summed E-state index contributed by atoms with van der Waals surface area (Å²) in [6.45, 7) is 3.61. The fraction of sp³-hybridized carbons (Fsp3) is 0.348. The molecule has 0 amide bonds. The van der Waals surface area contributed by atoms with Gasteiger partial charge in [0.1, 0.15) is 30.0 Å². The van der Waals surface area contributed by atoms with Gasteiger partial charge < -0.3 is 33.9 Å². The van der Waals surface area contributed by atoms with Gasteiger partial charge in [-0.05, 0) is 23.8 Å². The minimum Gasteiger partial charge on any atom is -0.493 e. The molecule has 0 radical (unpaired) electrons. The summed E-state index contributed by atoms with van der Waals surface area (Å²) in [6, 6.07) is 6.40. The zero-order valence-corrected chi connectivity index (χ0v) is 17.1. The Bertz CT molecular complexity index is 1110. The van der Waals surface area contributed by atoms with Crippen LogP contribution in [0.5, 0.6) is 28.7 Å². The highest BCUT2D eigenvalue weighted by Crippen LogP contribution is 2.51. The van der Waals surface area contributed by atoms with Gasteiger partial charge in [0.2, 0.25) is 5.78 Å². The second kappa shape index (κ2) is 6.90. The summed E-state index contributed by atoms with van der Waals surface area (Å²) in [5, 5.41) is 21.0. The lowest BCUT2D eigenvalue weighted by Gasteiger charge is -2.43. The number of methoxy groups -OCH3 is 2. The Hall–Kier alpha value is -3.23. The standard InChI is InChI=1S/C23H22O8/c1-11(9-24)16-6-13-15(30-16)5-4-12-21(13)31-20-10-29-17-8-19(28-3)18(27-2)7-14(17)23(20,26)22(12)25/h4-5,7-8,16,20,24,26H,1,6,9-10H2,2-3H3/t16-,20-,23-/m0/s1. The van der Waals surface area contributed by atoms with Crippen molar-refractivity contribution in [1.29, 1.82) is 0 Å². The molecular formula is C23H22O8. The maximum Gasteiger partial charge on any atom is 0.206 e. The Balaban J connectivity index is 1.61. The van der Waals surface area contributed by atoms with E-state index in [0.717, 1.165) is 0 Å². The molecule has 8 nitrogen and oxygen atoms in total. The Morgan fingerprint density at radius 2 is 1.94 bits per heavy atom. The van der Waals surface area contributed by atoms with E-state index in [4.69, 9.17) is 23.7 Å². The molecule has 0 bridgehead atoms. The molecule has 0 saturated carbocycles. The molecule has 8 heteroatoms. The number of carbonyl (C=O) groups is 1. The van der Waals surface area contributed by atoms with Gasteiger partial charge in [-0.1, -0.05) is 6.58 Å². The lowest BCUT2D eigenvalue weighted by Crippen LogP contribution is -2.57. The van der Waals surface area contributed by atoms with E-state index in [1.165, 1.54) is 14.2 Å². The smallest absolute Gasteiger partial charge is 0.206 e. The van der Waals surface area contributed by atoms with Crippen molar-refractivity contribution >= 4 is 5.78 Å². The second-order valence-corrected chi connectivity index (χ2v) is 7.76. The summed E-state index contributed by atoms with van der Waals surface area (Å²) < 4.78 is 28.5. The number of aliphatic hydroxyl groups excluding tert-OH is 1. The van der Waals surface area contributed by atoms with E-state index in [2.05, 4.69) is 6.58 Å². The predicted molar refractivity (Wildman–Crippen MR) is 108 cm³/mol. The van der Waals surface area contributed by atoms with Crippen LogP contribution in [0.15, 0.2) is 36.4 Å². The van der Waals surface area contributed by atoms with Gasteiger partial charge in [-0.3, -0.25) is 4.79 Å². The highest BCUT2D eigenvalue weighted by molar-refractivity contribution is 6.07. The fourth-order valence-electron chi connectivity index (χ4n) is 4.41. The number of carbonyl (C=O) groups excluding carboxylic acids is 1. The van der Waals surface area contributed by atoms with Gasteiger partial charge in [-0.15, -0.1) is 0 Å². The number of hydrogen-bond donors (Lipinski definition) is 2. The van der Waals surface area contributed by atoms with Crippen LogP contribution in [0, 0.1) is 0 Å². The third kappa shape index (κ3) is 2.65. The first-order chi connectivity index (χ1) is 14.9. The van der Waals surface area contributed by atoms with Crippen molar-refractivity contribution in [3.63, 3.8) is 0 Å². The summed E-state index contributed by atoms with van der Waals surface area (Å²) in [4.78, 5) is 13.6. The molecule has 0 aromatic heterocycles. The lowest BCUT2D eigenvalue weighted by molar-refractivity contribution is -0.0802. The fourth-order valence-corrected chi connectivity index (χ4v) is 4.41. The van der Waals surface area contributed by atoms with E-state index in [-0.39, 0.29) is 24.3 Å². The number of aliphatic hydroxyl groups is 2. The first kappa shape index (κ1) is 19.7. The monoisotopic (exact) mass is 426 g/mol. The summed E-state index contributed by atoms with van der Waals surface area (Å²) in [5.74, 6) is 1.59. The summed E-state index contributed by atoms with van der Waals surface area (Å²) in [7, 11) is 2.97. The van der Waals surface area contributed by atoms with Gasteiger partial charge >= 0.3 is 0 Å². The summed E-state index contributed by atoms with van der Waals surface area (Å²) in [5.41, 5.74) is -0.161. The molecular weight excluding hydrogens is 404 g/mol. The highest BCUT2D eigenvalue weighted by atomic mass is 16.6. The van der Waals surface area contributed by atoms with Crippen molar-refractivity contribution in [1.82, 2.24) is 0 Å². The van der Waals surface area contributed by atoms with Gasteiger partial charge in [0.05, 0.1) is 26.4 Å². The maximum absolute atomic E-state index is 13.6. The van der Waals surface area contributed by atoms with E-state index in [1.54, 1.807) is 24.3 Å². The van der Waals surface area contributed by atoms with Crippen LogP contribution < -0.4 is 23.7 Å². The topological polar surface area (TPSA) is 104 Å². The maximum atomic E-state index is 13.6. The lowest BCUT2D eigenvalue weighted by atomic mass is 9.77. The molecule has 0 fully saturated rings. The number of ketones is 1. The molecule has 3 atom stereocenters. The first-order valence-electron chi connectivity index (χ1n) is 9.86. The minimum atomic E-state index is -1.94. The number of benzene rings is 2. The van der Waals surface area contributed by atoms with Crippen LogP contribution in [0.1, 0.15) is 21.5 Å². The van der Waals surface area contributed by atoms with Crippen LogP contribution in [-0.4, -0.2) is 55.6 Å². The normalized spacial score (nSPS) is 25.1. The Labute approximate surface area is 178 Å². The molecule has 2 aromatic rings. The number of fused-ring (bicyclic) bond motifs is 6. The van der Waals surface area contributed by atoms with Crippen molar-refractivity contribution < 1.29 is 38.7 Å². The van der Waals surface area contributed by atoms with Gasteiger partial charge in [-0.25, -0.2) is 0 Å². The van der Waals surface area contributed by atoms with Gasteiger partial charge in [0.25, 0.3) is 0 Å². The van der Waals surface area contributed by atoms with Crippen LogP contribution in [-0.2, 0) is 12.0 Å². The molecule has 0 aliphatic carbocycles. The second-order valence-electron chi connectivity index (χ2n) is 7.76. The molecule has 3 aliphatic heterocycles. The van der Waals surface area contributed by atoms with Crippen molar-refractivity contribution in [3.8, 4) is 28.7 Å². The van der Waals surface area contributed by atoms with Crippen molar-refractivity contribution in [2.45, 2.75) is 24.2 Å². The Kier molecular flexibility index (Phi) is 4.39. The molecule has 0 saturated heterocycles. The molecule has 162 valence electrons. The number of ether oxygens (including phenoxy) is 5. The number of rotatable bonds is 4. The van der Waals surface area contributed by atoms with Crippen LogP contribution in [0.25, 0.3) is 0 Å². The van der Waals surface area contributed by atoms with Gasteiger partial charge in [0, 0.05) is 23.6 Å². The van der Waals surface area contributed by atoms with Gasteiger partial charge in [0.15, 0.2) is 23.2 Å². The molecule has 0 unspecified atom stereocenters. The molecule has 2 aromatic carbocycles. The van der Waals surface area contributed by atoms with Crippen LogP contribution in [0.3, 0.4) is 0 Å². The Morgan fingerprint density at radius 3 is 2.65 bits per heavy atom. The van der Waals surface area contributed by atoms with Crippen LogP contribution in [0.4, 0.5) is 0 Å². The average molecular weight is 426 g/mol. The average Bonchev–Trinajstić information content (AvgIpc) is 3.23. The van der Waals surface area contributed by atoms with Crippen LogP contribution >= 0.6 is 0 Å². The molecule has 2 N–H and O–H groups in total. The van der Waals surface area contributed by atoms with Crippen molar-refractivity contribution in [2.24, 2.45) is 0 Å². The largest absolute Gasteiger partial charge is 0.493 e. The Morgan fingerprint density at radius 1 is 1.19 bits per heavy atom. The third-order valence-corrected chi connectivity index (χ3v) is 6.14. The number of hydrogen-bond acceptors (Lipinski definition) is 8. The number of Topliss-reactive ketones (excluding diaryl/α,β-unsaturated/α-hetero) is 1. The van der Waals surface area contributed by atoms with Crippen molar-refractivity contribution in [3.05, 3.63) is 53.1 Å². The van der Waals surface area contributed by atoms with Crippen LogP contribution in [0.2, 0.25) is 0 Å². The van der Waals surface area contributed by atoms with Crippen molar-refractivity contribution in [2.75, 3.05) is 27.4 Å². The van der Waals surface area contributed by atoms with Gasteiger partial charge in [-0.2, -0.15) is 0 Å². The van der Waals surface area contributed by atoms with E-state index in [0.29, 0.717) is 46.3 Å². The van der Waals surface area contributed by atoms with E-state index < -0.39 is 23.6 Å². The SMILES string of the molecule is C=C(CO)[C@@H]1Cc2c(ccc3c2O[C@H]2COc4cc(OC)c(OC)cc4[C@@]2(O)C3=O)O1. The highest BCUT2D eigenvalue weighted by Gasteiger charge is 2.56. The summed E-state index contributed by atoms with van der Waals surface area (Å²) in [6.07, 6.45) is -0.936. The first-order valence-corrected chi connectivity index (χ1v) is 9.86. The zero-order chi connectivity index (χ0) is 21.9. The molecule has 3 aliphatic rings. The molecule has 5 rings (SSSR count). The molecule has 31 heavy (non-hydrogen) atoms.